The summed E-state index contributed by atoms with van der Waals surface area (Å²) in [6, 6.07) is 7.17. The highest BCUT2D eigenvalue weighted by Crippen LogP contribution is 2.23. The standard InChI is InChI=1S/C16H18BrFN2/c1-10-4-11(2)16(20-9-10)15(19-3)7-12-5-13(17)8-14(18)6-12/h4-6,8-9,15,19H,7H2,1-3H3. The molecule has 106 valence electrons. The fourth-order valence-corrected chi connectivity index (χ4v) is 2.90. The summed E-state index contributed by atoms with van der Waals surface area (Å²) < 4.78 is 14.2. The summed E-state index contributed by atoms with van der Waals surface area (Å²) >= 11 is 3.33. The third kappa shape index (κ3) is 3.64. The maximum Gasteiger partial charge on any atom is 0.124 e. The lowest BCUT2D eigenvalue weighted by atomic mass is 9.99. The highest BCUT2D eigenvalue weighted by molar-refractivity contribution is 9.10. The maximum absolute atomic E-state index is 13.5. The van der Waals surface area contributed by atoms with Crippen LogP contribution in [0.2, 0.25) is 0 Å². The molecule has 20 heavy (non-hydrogen) atoms. The number of rotatable bonds is 4. The lowest BCUT2D eigenvalue weighted by Gasteiger charge is -2.18. The number of likely N-dealkylation sites (N-methyl/N-ethyl adjacent to an activating group) is 1. The molecule has 2 nitrogen and oxygen atoms in total. The Morgan fingerprint density at radius 1 is 1.25 bits per heavy atom. The third-order valence-electron chi connectivity index (χ3n) is 3.30. The molecule has 1 aromatic carbocycles. The largest absolute Gasteiger partial charge is 0.311 e. The third-order valence-corrected chi connectivity index (χ3v) is 3.75. The van der Waals surface area contributed by atoms with E-state index in [4.69, 9.17) is 0 Å². The number of hydrogen-bond donors (Lipinski definition) is 1. The van der Waals surface area contributed by atoms with Crippen LogP contribution < -0.4 is 5.32 Å². The Bertz CT molecular complexity index is 593. The van der Waals surface area contributed by atoms with E-state index in [9.17, 15) is 4.39 Å². The van der Waals surface area contributed by atoms with E-state index in [0.717, 1.165) is 26.9 Å². The molecule has 1 aromatic heterocycles. The van der Waals surface area contributed by atoms with Crippen LogP contribution in [0.25, 0.3) is 0 Å². The van der Waals surface area contributed by atoms with Crippen molar-refractivity contribution in [2.24, 2.45) is 0 Å². The molecular formula is C16H18BrFN2. The van der Waals surface area contributed by atoms with E-state index in [0.29, 0.717) is 6.42 Å². The molecule has 1 N–H and O–H groups in total. The molecular weight excluding hydrogens is 319 g/mol. The minimum Gasteiger partial charge on any atom is -0.311 e. The van der Waals surface area contributed by atoms with Crippen LogP contribution in [0.3, 0.4) is 0 Å². The van der Waals surface area contributed by atoms with E-state index >= 15 is 0 Å². The van der Waals surface area contributed by atoms with E-state index in [2.05, 4.69) is 39.2 Å². The van der Waals surface area contributed by atoms with Crippen LogP contribution in [-0.2, 0) is 6.42 Å². The fraction of sp³-hybridized carbons (Fsp3) is 0.312. The average molecular weight is 337 g/mol. The molecule has 2 rings (SSSR count). The van der Waals surface area contributed by atoms with Gasteiger partial charge in [0, 0.05) is 10.7 Å². The van der Waals surface area contributed by atoms with Crippen LogP contribution >= 0.6 is 15.9 Å². The van der Waals surface area contributed by atoms with Crippen molar-refractivity contribution in [2.75, 3.05) is 7.05 Å². The summed E-state index contributed by atoms with van der Waals surface area (Å²) in [4.78, 5) is 4.52. The second-order valence-electron chi connectivity index (χ2n) is 5.04. The first kappa shape index (κ1) is 15.1. The van der Waals surface area contributed by atoms with Gasteiger partial charge >= 0.3 is 0 Å². The highest BCUT2D eigenvalue weighted by atomic mass is 79.9. The monoisotopic (exact) mass is 336 g/mol. The van der Waals surface area contributed by atoms with Crippen molar-refractivity contribution in [2.45, 2.75) is 26.3 Å². The van der Waals surface area contributed by atoms with Gasteiger partial charge in [0.2, 0.25) is 0 Å². The first-order valence-electron chi connectivity index (χ1n) is 6.55. The summed E-state index contributed by atoms with van der Waals surface area (Å²) in [5.41, 5.74) is 4.26. The van der Waals surface area contributed by atoms with E-state index in [1.165, 1.54) is 6.07 Å². The number of aromatic nitrogens is 1. The average Bonchev–Trinajstić information content (AvgIpc) is 2.35. The second kappa shape index (κ2) is 6.46. The van der Waals surface area contributed by atoms with Gasteiger partial charge in [0.1, 0.15) is 5.82 Å². The lowest BCUT2D eigenvalue weighted by Crippen LogP contribution is -2.21. The smallest absolute Gasteiger partial charge is 0.124 e. The van der Waals surface area contributed by atoms with Gasteiger partial charge in [-0.3, -0.25) is 4.98 Å². The fourth-order valence-electron chi connectivity index (χ4n) is 2.39. The molecule has 1 heterocycles. The molecule has 4 heteroatoms. The van der Waals surface area contributed by atoms with Gasteiger partial charge < -0.3 is 5.32 Å². The lowest BCUT2D eigenvalue weighted by molar-refractivity contribution is 0.566. The Labute approximate surface area is 127 Å². The number of nitrogens with zero attached hydrogens (tertiary/aromatic N) is 1. The number of pyridine rings is 1. The highest BCUT2D eigenvalue weighted by Gasteiger charge is 2.15. The molecule has 0 bridgehead atoms. The normalized spacial score (nSPS) is 12.4. The minimum atomic E-state index is -0.224. The number of halogens is 2. The SMILES string of the molecule is CNC(Cc1cc(F)cc(Br)c1)c1ncc(C)cc1C. The Morgan fingerprint density at radius 2 is 2.00 bits per heavy atom. The van der Waals surface area contributed by atoms with Gasteiger partial charge in [-0.25, -0.2) is 4.39 Å². The number of hydrogen-bond acceptors (Lipinski definition) is 2. The molecule has 0 aliphatic carbocycles. The Balaban J connectivity index is 2.28. The maximum atomic E-state index is 13.5. The molecule has 0 radical (unpaired) electrons. The van der Waals surface area contributed by atoms with Crippen LogP contribution in [0.1, 0.15) is 28.4 Å². The number of aryl methyl sites for hydroxylation is 2. The van der Waals surface area contributed by atoms with Crippen molar-refractivity contribution >= 4 is 15.9 Å². The van der Waals surface area contributed by atoms with Crippen LogP contribution in [0.4, 0.5) is 4.39 Å². The molecule has 0 aliphatic rings. The van der Waals surface area contributed by atoms with Gasteiger partial charge in [0.05, 0.1) is 11.7 Å². The van der Waals surface area contributed by atoms with Crippen molar-refractivity contribution in [1.82, 2.24) is 10.3 Å². The van der Waals surface area contributed by atoms with Crippen molar-refractivity contribution in [3.05, 3.63) is 63.1 Å². The van der Waals surface area contributed by atoms with Crippen LogP contribution in [-0.4, -0.2) is 12.0 Å². The van der Waals surface area contributed by atoms with Gasteiger partial charge in [-0.2, -0.15) is 0 Å². The van der Waals surface area contributed by atoms with Gasteiger partial charge in [-0.1, -0.05) is 22.0 Å². The molecule has 1 atom stereocenters. The summed E-state index contributed by atoms with van der Waals surface area (Å²) in [5, 5.41) is 3.27. The first-order valence-corrected chi connectivity index (χ1v) is 7.34. The summed E-state index contributed by atoms with van der Waals surface area (Å²) in [5.74, 6) is -0.224. The van der Waals surface area contributed by atoms with Gasteiger partial charge in [0.15, 0.2) is 0 Å². The van der Waals surface area contributed by atoms with E-state index < -0.39 is 0 Å². The van der Waals surface area contributed by atoms with Crippen LogP contribution in [0, 0.1) is 19.7 Å². The zero-order valence-electron chi connectivity index (χ0n) is 11.9. The predicted molar refractivity (Wildman–Crippen MR) is 83.3 cm³/mol. The zero-order valence-corrected chi connectivity index (χ0v) is 13.5. The second-order valence-corrected chi connectivity index (χ2v) is 5.95. The van der Waals surface area contributed by atoms with Gasteiger partial charge in [0.25, 0.3) is 0 Å². The first-order chi connectivity index (χ1) is 9.49. The topological polar surface area (TPSA) is 24.9 Å². The Kier molecular flexibility index (Phi) is 4.89. The minimum absolute atomic E-state index is 0.0734. The Hall–Kier alpha value is -1.26. The molecule has 0 spiro atoms. The molecule has 0 fully saturated rings. The zero-order chi connectivity index (χ0) is 14.7. The molecule has 0 amide bonds. The Morgan fingerprint density at radius 3 is 2.60 bits per heavy atom. The van der Waals surface area contributed by atoms with Gasteiger partial charge in [-0.05, 0) is 62.2 Å². The number of benzene rings is 1. The summed E-state index contributed by atoms with van der Waals surface area (Å²) in [6.45, 7) is 4.09. The van der Waals surface area contributed by atoms with E-state index in [-0.39, 0.29) is 11.9 Å². The molecule has 0 saturated heterocycles. The number of nitrogens with one attached hydrogen (secondary N) is 1. The predicted octanol–water partition coefficient (Wildman–Crippen LogP) is 4.10. The van der Waals surface area contributed by atoms with Crippen LogP contribution in [0.15, 0.2) is 34.9 Å². The van der Waals surface area contributed by atoms with E-state index in [1.807, 2.05) is 26.2 Å². The van der Waals surface area contributed by atoms with Gasteiger partial charge in [-0.15, -0.1) is 0 Å². The molecule has 1 unspecified atom stereocenters. The van der Waals surface area contributed by atoms with Crippen molar-refractivity contribution < 1.29 is 4.39 Å². The molecule has 2 aromatic rings. The molecule has 0 saturated carbocycles. The van der Waals surface area contributed by atoms with Crippen molar-refractivity contribution in [1.29, 1.82) is 0 Å². The van der Waals surface area contributed by atoms with Crippen molar-refractivity contribution in [3.63, 3.8) is 0 Å². The summed E-state index contributed by atoms with van der Waals surface area (Å²) in [6.07, 6.45) is 2.57. The quantitative estimate of drug-likeness (QED) is 0.908. The van der Waals surface area contributed by atoms with Crippen LogP contribution in [0.5, 0.6) is 0 Å². The van der Waals surface area contributed by atoms with E-state index in [1.54, 1.807) is 6.07 Å². The van der Waals surface area contributed by atoms with Crippen molar-refractivity contribution in [3.8, 4) is 0 Å². The summed E-state index contributed by atoms with van der Waals surface area (Å²) in [7, 11) is 1.90. The molecule has 0 aliphatic heterocycles.